The Bertz CT molecular complexity index is 746. The lowest BCUT2D eigenvalue weighted by atomic mass is 9.99. The van der Waals surface area contributed by atoms with Gasteiger partial charge in [0.2, 0.25) is 5.91 Å². The van der Waals surface area contributed by atoms with Gasteiger partial charge in [-0.05, 0) is 32.1 Å². The van der Waals surface area contributed by atoms with Crippen LogP contribution >= 0.6 is 0 Å². The molecule has 1 rings (SSSR count). The second kappa shape index (κ2) is 26.8. The summed E-state index contributed by atoms with van der Waals surface area (Å²) >= 11 is 0. The molecule has 7 atom stereocenters. The topological polar surface area (TPSA) is 149 Å². The van der Waals surface area contributed by atoms with Crippen molar-refractivity contribution in [3.05, 3.63) is 24.3 Å². The van der Waals surface area contributed by atoms with Crippen molar-refractivity contribution in [2.24, 2.45) is 0 Å². The molecule has 0 aliphatic carbocycles. The van der Waals surface area contributed by atoms with Crippen LogP contribution in [0.5, 0.6) is 0 Å². The lowest BCUT2D eigenvalue weighted by Crippen LogP contribution is -2.60. The number of unbranched alkanes of at least 4 members (excludes halogenated alkanes) is 15. The number of carbonyl (C=O) groups is 1. The Balaban J connectivity index is 2.49. The van der Waals surface area contributed by atoms with Crippen LogP contribution in [0.1, 0.15) is 136 Å². The minimum absolute atomic E-state index is 0.199. The summed E-state index contributed by atoms with van der Waals surface area (Å²) in [4.78, 5) is 12.7. The van der Waals surface area contributed by atoms with Crippen molar-refractivity contribution in [2.75, 3.05) is 13.2 Å². The molecule has 1 amide bonds. The van der Waals surface area contributed by atoms with Crippen molar-refractivity contribution in [3.63, 3.8) is 0 Å². The molecule has 0 aromatic heterocycles. The molecule has 258 valence electrons. The third kappa shape index (κ3) is 18.6. The van der Waals surface area contributed by atoms with Crippen LogP contribution in [0.4, 0.5) is 0 Å². The summed E-state index contributed by atoms with van der Waals surface area (Å²) in [7, 11) is 0. The van der Waals surface area contributed by atoms with Crippen LogP contribution in [0.3, 0.4) is 0 Å². The molecule has 0 radical (unpaired) electrons. The first-order valence-electron chi connectivity index (χ1n) is 17.6. The van der Waals surface area contributed by atoms with E-state index in [9.17, 15) is 30.3 Å². The average Bonchev–Trinajstić information content (AvgIpc) is 3.02. The van der Waals surface area contributed by atoms with E-state index in [-0.39, 0.29) is 12.5 Å². The zero-order valence-electron chi connectivity index (χ0n) is 27.7. The second-order valence-electron chi connectivity index (χ2n) is 12.3. The van der Waals surface area contributed by atoms with Gasteiger partial charge in [0.05, 0.1) is 25.4 Å². The Kier molecular flexibility index (Phi) is 24.8. The first-order valence-corrected chi connectivity index (χ1v) is 17.6. The van der Waals surface area contributed by atoms with Crippen molar-refractivity contribution >= 4 is 5.91 Å². The molecule has 0 aromatic rings. The van der Waals surface area contributed by atoms with Gasteiger partial charge in [-0.15, -0.1) is 0 Å². The van der Waals surface area contributed by atoms with Gasteiger partial charge >= 0.3 is 0 Å². The van der Waals surface area contributed by atoms with E-state index in [1.807, 2.05) is 6.08 Å². The maximum atomic E-state index is 12.7. The fourth-order valence-electron chi connectivity index (χ4n) is 5.34. The Morgan fingerprint density at radius 1 is 0.750 bits per heavy atom. The van der Waals surface area contributed by atoms with E-state index in [0.29, 0.717) is 6.42 Å². The Morgan fingerprint density at radius 3 is 1.91 bits per heavy atom. The largest absolute Gasteiger partial charge is 0.394 e. The lowest BCUT2D eigenvalue weighted by Gasteiger charge is -2.40. The number of allylic oxidation sites excluding steroid dienone is 3. The Morgan fingerprint density at radius 2 is 1.30 bits per heavy atom. The van der Waals surface area contributed by atoms with Gasteiger partial charge in [-0.1, -0.05) is 122 Å². The SMILES string of the molecule is CCCCCCCCCCC/C=C/CC/C=C/C(O)C(COC1OC(CO)C(O)C(O)C1O)NC(=O)CCCCCCCC. The van der Waals surface area contributed by atoms with Crippen LogP contribution in [-0.2, 0) is 14.3 Å². The summed E-state index contributed by atoms with van der Waals surface area (Å²) in [6, 6.07) is -0.812. The first-order chi connectivity index (χ1) is 21.3. The van der Waals surface area contributed by atoms with Gasteiger partial charge < -0.3 is 40.3 Å². The van der Waals surface area contributed by atoms with Crippen LogP contribution in [0, 0.1) is 0 Å². The molecule has 1 aliphatic rings. The molecular weight excluding hydrogens is 562 g/mol. The minimum Gasteiger partial charge on any atom is -0.394 e. The number of nitrogens with one attached hydrogen (secondary N) is 1. The summed E-state index contributed by atoms with van der Waals surface area (Å²) in [5.74, 6) is -0.199. The molecule has 1 fully saturated rings. The number of amides is 1. The van der Waals surface area contributed by atoms with Crippen LogP contribution in [0.2, 0.25) is 0 Å². The van der Waals surface area contributed by atoms with Crippen LogP contribution in [0.25, 0.3) is 0 Å². The van der Waals surface area contributed by atoms with E-state index in [1.165, 1.54) is 64.2 Å². The molecule has 0 bridgehead atoms. The molecule has 1 aliphatic heterocycles. The zero-order chi connectivity index (χ0) is 32.4. The van der Waals surface area contributed by atoms with Gasteiger partial charge in [-0.25, -0.2) is 0 Å². The molecule has 7 unspecified atom stereocenters. The number of aliphatic hydroxyl groups is 5. The van der Waals surface area contributed by atoms with E-state index in [1.54, 1.807) is 6.08 Å². The lowest BCUT2D eigenvalue weighted by molar-refractivity contribution is -0.302. The summed E-state index contributed by atoms with van der Waals surface area (Å²) < 4.78 is 11.1. The van der Waals surface area contributed by atoms with Crippen molar-refractivity contribution in [1.29, 1.82) is 0 Å². The first kappa shape index (κ1) is 40.7. The van der Waals surface area contributed by atoms with Crippen LogP contribution in [0.15, 0.2) is 24.3 Å². The fourth-order valence-corrected chi connectivity index (χ4v) is 5.34. The molecule has 44 heavy (non-hydrogen) atoms. The highest BCUT2D eigenvalue weighted by molar-refractivity contribution is 5.76. The minimum atomic E-state index is -1.56. The highest BCUT2D eigenvalue weighted by Gasteiger charge is 2.44. The van der Waals surface area contributed by atoms with Crippen molar-refractivity contribution < 1.29 is 39.8 Å². The predicted molar refractivity (Wildman–Crippen MR) is 175 cm³/mol. The maximum Gasteiger partial charge on any atom is 0.220 e. The van der Waals surface area contributed by atoms with Crippen molar-refractivity contribution in [3.8, 4) is 0 Å². The molecule has 9 heteroatoms. The fraction of sp³-hybridized carbons (Fsp3) is 0.857. The van der Waals surface area contributed by atoms with Crippen molar-refractivity contribution in [2.45, 2.75) is 179 Å². The Hall–Kier alpha value is -1.33. The van der Waals surface area contributed by atoms with Gasteiger partial charge in [0, 0.05) is 6.42 Å². The highest BCUT2D eigenvalue weighted by atomic mass is 16.7. The normalized spacial score (nSPS) is 23.8. The summed E-state index contributed by atoms with van der Waals surface area (Å²) in [5.41, 5.74) is 0. The zero-order valence-corrected chi connectivity index (χ0v) is 27.7. The molecular formula is C35H65NO8. The molecule has 0 saturated carbocycles. The van der Waals surface area contributed by atoms with Crippen LogP contribution < -0.4 is 5.32 Å². The van der Waals surface area contributed by atoms with Gasteiger partial charge in [0.25, 0.3) is 0 Å². The average molecular weight is 628 g/mol. The molecule has 1 heterocycles. The third-order valence-corrected chi connectivity index (χ3v) is 8.28. The third-order valence-electron chi connectivity index (χ3n) is 8.28. The Labute approximate surface area is 267 Å². The predicted octanol–water partition coefficient (Wildman–Crippen LogP) is 5.21. The molecule has 1 saturated heterocycles. The number of ether oxygens (including phenoxy) is 2. The highest BCUT2D eigenvalue weighted by Crippen LogP contribution is 2.22. The quantitative estimate of drug-likeness (QED) is 0.0537. The van der Waals surface area contributed by atoms with Gasteiger partial charge in [-0.3, -0.25) is 4.79 Å². The summed E-state index contributed by atoms with van der Waals surface area (Å²) in [6.07, 6.45) is 21.1. The van der Waals surface area contributed by atoms with Gasteiger partial charge in [0.1, 0.15) is 24.4 Å². The monoisotopic (exact) mass is 627 g/mol. The van der Waals surface area contributed by atoms with E-state index >= 15 is 0 Å². The standard InChI is InChI=1S/C35H65NO8/c1-3-5-7-9-11-12-13-14-15-16-17-18-19-20-22-24-29(38)28(36-31(39)25-23-21-10-8-6-4-2)27-43-35-34(42)33(41)32(40)30(26-37)44-35/h17-18,22,24,28-30,32-35,37-38,40-42H,3-16,19-21,23,25-27H2,1-2H3,(H,36,39)/b18-17+,24-22+. The van der Waals surface area contributed by atoms with E-state index < -0.39 is 49.5 Å². The smallest absolute Gasteiger partial charge is 0.220 e. The number of carbonyl (C=O) groups excluding carboxylic acids is 1. The molecule has 6 N–H and O–H groups in total. The number of rotatable bonds is 27. The molecule has 9 nitrogen and oxygen atoms in total. The summed E-state index contributed by atoms with van der Waals surface area (Å²) in [6.45, 7) is 3.64. The van der Waals surface area contributed by atoms with Crippen molar-refractivity contribution in [1.82, 2.24) is 5.32 Å². The second-order valence-corrected chi connectivity index (χ2v) is 12.3. The van der Waals surface area contributed by atoms with Crippen LogP contribution in [-0.4, -0.2) is 87.5 Å². The van der Waals surface area contributed by atoms with E-state index in [4.69, 9.17) is 9.47 Å². The molecule has 0 aromatic carbocycles. The van der Waals surface area contributed by atoms with E-state index in [2.05, 4.69) is 31.3 Å². The van der Waals surface area contributed by atoms with Gasteiger partial charge in [0.15, 0.2) is 6.29 Å². The number of hydrogen-bond donors (Lipinski definition) is 6. The number of hydrogen-bond acceptors (Lipinski definition) is 8. The maximum absolute atomic E-state index is 12.7. The molecule has 0 spiro atoms. The van der Waals surface area contributed by atoms with Gasteiger partial charge in [-0.2, -0.15) is 0 Å². The summed E-state index contributed by atoms with van der Waals surface area (Å²) in [5, 5.41) is 53.5. The van der Waals surface area contributed by atoms with E-state index in [0.717, 1.165) is 51.4 Å². The number of aliphatic hydroxyl groups excluding tert-OH is 5.